The maximum Gasteiger partial charge on any atom is 0.191 e. The minimum atomic E-state index is 0. The molecular formula is C16H29IN4O. The van der Waals surface area contributed by atoms with Gasteiger partial charge in [0.15, 0.2) is 5.96 Å². The summed E-state index contributed by atoms with van der Waals surface area (Å²) in [6, 6.07) is 8.54. The molecule has 0 atom stereocenters. The van der Waals surface area contributed by atoms with Gasteiger partial charge in [0.05, 0.1) is 7.11 Å². The summed E-state index contributed by atoms with van der Waals surface area (Å²) in [5.74, 6) is 1.69. The smallest absolute Gasteiger partial charge is 0.191 e. The third kappa shape index (κ3) is 7.31. The summed E-state index contributed by atoms with van der Waals surface area (Å²) in [5, 5.41) is 6.62. The molecule has 1 aromatic rings. The molecule has 0 unspecified atom stereocenters. The van der Waals surface area contributed by atoms with Crippen molar-refractivity contribution in [3.63, 3.8) is 0 Å². The van der Waals surface area contributed by atoms with E-state index < -0.39 is 0 Å². The summed E-state index contributed by atoms with van der Waals surface area (Å²) >= 11 is 0. The van der Waals surface area contributed by atoms with Crippen LogP contribution in [0.4, 0.5) is 0 Å². The molecule has 0 saturated heterocycles. The zero-order valence-corrected chi connectivity index (χ0v) is 16.5. The molecule has 0 aliphatic heterocycles. The van der Waals surface area contributed by atoms with Crippen LogP contribution >= 0.6 is 24.0 Å². The molecule has 6 heteroatoms. The lowest BCUT2D eigenvalue weighted by Gasteiger charge is -2.21. The number of aliphatic imine (C=N–C) groups is 1. The first-order valence-corrected chi connectivity index (χ1v) is 7.35. The van der Waals surface area contributed by atoms with Crippen molar-refractivity contribution in [2.24, 2.45) is 4.99 Å². The Balaban J connectivity index is 0.00000441. The molecule has 0 bridgehead atoms. The molecule has 0 aliphatic carbocycles. The van der Waals surface area contributed by atoms with Crippen molar-refractivity contribution < 1.29 is 4.74 Å². The first-order chi connectivity index (χ1) is 10.1. The maximum absolute atomic E-state index is 5.34. The Hall–Kier alpha value is -1.02. The number of guanidine groups is 1. The van der Waals surface area contributed by atoms with Crippen LogP contribution in [0.1, 0.15) is 19.4 Å². The van der Waals surface area contributed by atoms with Gasteiger partial charge in [0.25, 0.3) is 0 Å². The van der Waals surface area contributed by atoms with Crippen LogP contribution in [-0.2, 0) is 6.54 Å². The molecule has 0 fully saturated rings. The molecule has 0 heterocycles. The predicted octanol–water partition coefficient (Wildman–Crippen LogP) is 2.32. The maximum atomic E-state index is 5.34. The summed E-state index contributed by atoms with van der Waals surface area (Å²) < 4.78 is 5.34. The van der Waals surface area contributed by atoms with Gasteiger partial charge >= 0.3 is 0 Å². The molecular weight excluding hydrogens is 391 g/mol. The SMILES string of the molecule is CN=C(NCCN(C)C(C)C)NCc1ccccc1OC.I. The third-order valence-electron chi connectivity index (χ3n) is 3.50. The number of methoxy groups -OCH3 is 1. The lowest BCUT2D eigenvalue weighted by Crippen LogP contribution is -2.41. The van der Waals surface area contributed by atoms with E-state index in [1.165, 1.54) is 0 Å². The topological polar surface area (TPSA) is 48.9 Å². The van der Waals surface area contributed by atoms with E-state index in [4.69, 9.17) is 4.74 Å². The molecule has 5 nitrogen and oxygen atoms in total. The Bertz CT molecular complexity index is 452. The van der Waals surface area contributed by atoms with Gasteiger partial charge in [-0.1, -0.05) is 18.2 Å². The van der Waals surface area contributed by atoms with Crippen LogP contribution in [-0.4, -0.2) is 51.2 Å². The quantitative estimate of drug-likeness (QED) is 0.404. The Kier molecular flexibility index (Phi) is 11.0. The average Bonchev–Trinajstić information content (AvgIpc) is 2.50. The summed E-state index contributed by atoms with van der Waals surface area (Å²) in [5.41, 5.74) is 1.11. The monoisotopic (exact) mass is 420 g/mol. The van der Waals surface area contributed by atoms with Gasteiger partial charge in [0.1, 0.15) is 5.75 Å². The molecule has 0 aromatic heterocycles. The fourth-order valence-corrected chi connectivity index (χ4v) is 1.86. The van der Waals surface area contributed by atoms with Crippen LogP contribution in [0.3, 0.4) is 0 Å². The van der Waals surface area contributed by atoms with Crippen LogP contribution in [0.15, 0.2) is 29.3 Å². The van der Waals surface area contributed by atoms with Gasteiger partial charge in [0, 0.05) is 38.3 Å². The van der Waals surface area contributed by atoms with Crippen molar-refractivity contribution in [2.75, 3.05) is 34.3 Å². The lowest BCUT2D eigenvalue weighted by atomic mass is 10.2. The molecule has 0 aliphatic rings. The standard InChI is InChI=1S/C16H28N4O.HI/c1-13(2)20(4)11-10-18-16(17-3)19-12-14-8-6-7-9-15(14)21-5;/h6-9,13H,10-12H2,1-5H3,(H2,17,18,19);1H. The minimum Gasteiger partial charge on any atom is -0.496 e. The average molecular weight is 420 g/mol. The van der Waals surface area contributed by atoms with Gasteiger partial charge in [-0.25, -0.2) is 0 Å². The highest BCUT2D eigenvalue weighted by Crippen LogP contribution is 2.16. The van der Waals surface area contributed by atoms with Gasteiger partial charge in [0.2, 0.25) is 0 Å². The number of nitrogens with one attached hydrogen (secondary N) is 2. The molecule has 0 amide bonds. The van der Waals surface area contributed by atoms with E-state index in [0.29, 0.717) is 12.6 Å². The number of hydrogen-bond acceptors (Lipinski definition) is 3. The molecule has 1 rings (SSSR count). The van der Waals surface area contributed by atoms with E-state index in [9.17, 15) is 0 Å². The van der Waals surface area contributed by atoms with Crippen molar-refractivity contribution in [3.05, 3.63) is 29.8 Å². The second-order valence-electron chi connectivity index (χ2n) is 5.24. The summed E-state index contributed by atoms with van der Waals surface area (Å²) in [6.45, 7) is 6.90. The van der Waals surface area contributed by atoms with Crippen molar-refractivity contribution in [3.8, 4) is 5.75 Å². The first kappa shape index (κ1) is 21.0. The molecule has 0 saturated carbocycles. The number of rotatable bonds is 7. The Morgan fingerprint density at radius 2 is 1.95 bits per heavy atom. The van der Waals surface area contributed by atoms with Crippen molar-refractivity contribution in [1.82, 2.24) is 15.5 Å². The molecule has 22 heavy (non-hydrogen) atoms. The largest absolute Gasteiger partial charge is 0.496 e. The predicted molar refractivity (Wildman–Crippen MR) is 104 cm³/mol. The van der Waals surface area contributed by atoms with E-state index in [0.717, 1.165) is 30.4 Å². The van der Waals surface area contributed by atoms with E-state index in [-0.39, 0.29) is 24.0 Å². The van der Waals surface area contributed by atoms with Crippen LogP contribution in [0.2, 0.25) is 0 Å². The normalized spacial score (nSPS) is 11.3. The highest BCUT2D eigenvalue weighted by molar-refractivity contribution is 14.0. The molecule has 0 radical (unpaired) electrons. The van der Waals surface area contributed by atoms with Crippen LogP contribution < -0.4 is 15.4 Å². The highest BCUT2D eigenvalue weighted by Gasteiger charge is 2.05. The van der Waals surface area contributed by atoms with E-state index >= 15 is 0 Å². The molecule has 1 aromatic carbocycles. The zero-order valence-electron chi connectivity index (χ0n) is 14.2. The zero-order chi connectivity index (χ0) is 15.7. The number of likely N-dealkylation sites (N-methyl/N-ethyl adjacent to an activating group) is 1. The fourth-order valence-electron chi connectivity index (χ4n) is 1.86. The van der Waals surface area contributed by atoms with Gasteiger partial charge < -0.3 is 20.3 Å². The van der Waals surface area contributed by atoms with Gasteiger partial charge in [-0.15, -0.1) is 24.0 Å². The number of nitrogens with zero attached hydrogens (tertiary/aromatic N) is 2. The lowest BCUT2D eigenvalue weighted by molar-refractivity contribution is 0.278. The minimum absolute atomic E-state index is 0. The number of hydrogen-bond donors (Lipinski definition) is 2. The second-order valence-corrected chi connectivity index (χ2v) is 5.24. The van der Waals surface area contributed by atoms with Crippen molar-refractivity contribution in [1.29, 1.82) is 0 Å². The van der Waals surface area contributed by atoms with E-state index in [1.54, 1.807) is 14.2 Å². The second kappa shape index (κ2) is 11.5. The molecule has 2 N–H and O–H groups in total. The molecule has 0 spiro atoms. The third-order valence-corrected chi connectivity index (χ3v) is 3.50. The van der Waals surface area contributed by atoms with Crippen LogP contribution in [0.25, 0.3) is 0 Å². The van der Waals surface area contributed by atoms with E-state index in [2.05, 4.69) is 41.4 Å². The number of halogens is 1. The highest BCUT2D eigenvalue weighted by atomic mass is 127. The summed E-state index contributed by atoms with van der Waals surface area (Å²) in [7, 11) is 5.59. The molecule has 126 valence electrons. The number of para-hydroxylation sites is 1. The number of benzene rings is 1. The van der Waals surface area contributed by atoms with E-state index in [1.807, 2.05) is 24.3 Å². The van der Waals surface area contributed by atoms with Crippen molar-refractivity contribution in [2.45, 2.75) is 26.4 Å². The Labute approximate surface area is 151 Å². The summed E-state index contributed by atoms with van der Waals surface area (Å²) in [4.78, 5) is 6.53. The summed E-state index contributed by atoms with van der Waals surface area (Å²) in [6.07, 6.45) is 0. The van der Waals surface area contributed by atoms with Crippen molar-refractivity contribution >= 4 is 29.9 Å². The Morgan fingerprint density at radius 1 is 1.27 bits per heavy atom. The fraction of sp³-hybridized carbons (Fsp3) is 0.562. The van der Waals surface area contributed by atoms with Gasteiger partial charge in [-0.05, 0) is 27.0 Å². The first-order valence-electron chi connectivity index (χ1n) is 7.35. The van der Waals surface area contributed by atoms with Gasteiger partial charge in [-0.3, -0.25) is 4.99 Å². The Morgan fingerprint density at radius 3 is 2.55 bits per heavy atom. The van der Waals surface area contributed by atoms with Gasteiger partial charge in [-0.2, -0.15) is 0 Å². The van der Waals surface area contributed by atoms with Crippen LogP contribution in [0.5, 0.6) is 5.75 Å². The van der Waals surface area contributed by atoms with Crippen LogP contribution in [0, 0.1) is 0 Å². The number of ether oxygens (including phenoxy) is 1.